The predicted octanol–water partition coefficient (Wildman–Crippen LogP) is 3.05. The average Bonchev–Trinajstić information content (AvgIpc) is 2.49. The lowest BCUT2D eigenvalue weighted by Gasteiger charge is -2.13. The Labute approximate surface area is 138 Å². The highest BCUT2D eigenvalue weighted by molar-refractivity contribution is 8.13. The van der Waals surface area contributed by atoms with E-state index in [-0.39, 0.29) is 10.6 Å². The number of ether oxygens (including phenoxy) is 1. The number of pyridine rings is 1. The first kappa shape index (κ1) is 17.0. The Kier molecular flexibility index (Phi) is 5.41. The van der Waals surface area contributed by atoms with Crippen LogP contribution in [0.5, 0.6) is 5.75 Å². The van der Waals surface area contributed by atoms with Gasteiger partial charge in [-0.3, -0.25) is 4.98 Å². The monoisotopic (exact) mass is 355 g/mol. The summed E-state index contributed by atoms with van der Waals surface area (Å²) in [7, 11) is 1.40. The highest BCUT2D eigenvalue weighted by Gasteiger charge is 2.15. The topological polar surface area (TPSA) is 97.4 Å². The van der Waals surface area contributed by atoms with Crippen molar-refractivity contribution in [2.45, 2.75) is 11.8 Å². The molecule has 1 aromatic carbocycles. The van der Waals surface area contributed by atoms with E-state index in [0.717, 1.165) is 0 Å². The van der Waals surface area contributed by atoms with Crippen LogP contribution in [0.2, 0.25) is 0 Å². The van der Waals surface area contributed by atoms with Crippen LogP contribution in [-0.2, 0) is 9.05 Å². The largest absolute Gasteiger partial charge is 0.492 e. The van der Waals surface area contributed by atoms with Crippen LogP contribution in [-0.4, -0.2) is 26.0 Å². The molecule has 0 atom stereocenters. The molecule has 7 nitrogen and oxygen atoms in total. The molecule has 0 aliphatic carbocycles. The molecule has 1 heterocycles. The van der Waals surface area contributed by atoms with Gasteiger partial charge in [0.05, 0.1) is 29.1 Å². The molecular formula is C14H14ClN3O4S. The molecular weight excluding hydrogens is 342 g/mol. The average molecular weight is 356 g/mol. The summed E-state index contributed by atoms with van der Waals surface area (Å²) >= 11 is 0. The number of nitrogens with one attached hydrogen (secondary N) is 2. The SMILES string of the molecule is CCOc1ccc(S(=O)(=O)Cl)cc1NC(=O)Nc1cccnc1. The minimum absolute atomic E-state index is 0.140. The van der Waals surface area contributed by atoms with Gasteiger partial charge in [0.2, 0.25) is 0 Å². The number of rotatable bonds is 5. The van der Waals surface area contributed by atoms with E-state index in [0.29, 0.717) is 18.0 Å². The van der Waals surface area contributed by atoms with Crippen molar-refractivity contribution in [3.05, 3.63) is 42.7 Å². The van der Waals surface area contributed by atoms with Gasteiger partial charge in [-0.15, -0.1) is 0 Å². The maximum absolute atomic E-state index is 12.0. The van der Waals surface area contributed by atoms with E-state index in [1.165, 1.54) is 24.4 Å². The second-order valence-electron chi connectivity index (χ2n) is 4.35. The van der Waals surface area contributed by atoms with Gasteiger partial charge in [-0.1, -0.05) is 0 Å². The lowest BCUT2D eigenvalue weighted by atomic mass is 10.3. The Morgan fingerprint density at radius 2 is 2.09 bits per heavy atom. The molecule has 122 valence electrons. The third-order valence-electron chi connectivity index (χ3n) is 2.70. The summed E-state index contributed by atoms with van der Waals surface area (Å²) in [5.41, 5.74) is 0.680. The maximum Gasteiger partial charge on any atom is 0.323 e. The van der Waals surface area contributed by atoms with E-state index in [1.54, 1.807) is 25.3 Å². The highest BCUT2D eigenvalue weighted by Crippen LogP contribution is 2.29. The van der Waals surface area contributed by atoms with Gasteiger partial charge in [0.15, 0.2) is 0 Å². The summed E-state index contributed by atoms with van der Waals surface area (Å²) in [6.45, 7) is 2.12. The highest BCUT2D eigenvalue weighted by atomic mass is 35.7. The number of urea groups is 1. The van der Waals surface area contributed by atoms with E-state index >= 15 is 0 Å². The Morgan fingerprint density at radius 3 is 2.70 bits per heavy atom. The molecule has 2 rings (SSSR count). The number of amides is 2. The molecule has 2 N–H and O–H groups in total. The van der Waals surface area contributed by atoms with Crippen LogP contribution in [0, 0.1) is 0 Å². The van der Waals surface area contributed by atoms with Crippen molar-refractivity contribution < 1.29 is 17.9 Å². The molecule has 0 aliphatic rings. The van der Waals surface area contributed by atoms with Crippen LogP contribution < -0.4 is 15.4 Å². The van der Waals surface area contributed by atoms with Crippen LogP contribution in [0.4, 0.5) is 16.2 Å². The van der Waals surface area contributed by atoms with Crippen LogP contribution in [0.25, 0.3) is 0 Å². The molecule has 1 aromatic heterocycles. The number of hydrogen-bond acceptors (Lipinski definition) is 5. The molecule has 0 spiro atoms. The zero-order valence-corrected chi connectivity index (χ0v) is 13.7. The Hall–Kier alpha value is -2.32. The van der Waals surface area contributed by atoms with E-state index in [9.17, 15) is 13.2 Å². The van der Waals surface area contributed by atoms with Gasteiger partial charge in [0.1, 0.15) is 5.75 Å². The number of halogens is 1. The third kappa shape index (κ3) is 4.83. The Balaban J connectivity index is 2.24. The fraction of sp³-hybridized carbons (Fsp3) is 0.143. The summed E-state index contributed by atoms with van der Waals surface area (Å²) in [6.07, 6.45) is 3.05. The van der Waals surface area contributed by atoms with E-state index in [2.05, 4.69) is 15.6 Å². The molecule has 2 amide bonds. The van der Waals surface area contributed by atoms with Gasteiger partial charge in [-0.05, 0) is 37.3 Å². The zero-order valence-electron chi connectivity index (χ0n) is 12.1. The standard InChI is InChI=1S/C14H14ClN3O4S/c1-2-22-13-6-5-11(23(15,20)21)8-12(13)18-14(19)17-10-4-3-7-16-9-10/h3-9H,2H2,1H3,(H2,17,18,19). The Bertz CT molecular complexity index is 797. The predicted molar refractivity (Wildman–Crippen MR) is 87.5 cm³/mol. The number of aromatic nitrogens is 1. The lowest BCUT2D eigenvalue weighted by molar-refractivity contribution is 0.262. The number of hydrogen-bond donors (Lipinski definition) is 2. The summed E-state index contributed by atoms with van der Waals surface area (Å²) in [4.78, 5) is 15.7. The molecule has 9 heteroatoms. The number of benzene rings is 1. The molecule has 0 aliphatic heterocycles. The van der Waals surface area contributed by atoms with Crippen molar-refractivity contribution in [3.8, 4) is 5.75 Å². The second-order valence-corrected chi connectivity index (χ2v) is 6.92. The first-order chi connectivity index (χ1) is 10.9. The van der Waals surface area contributed by atoms with Crippen molar-refractivity contribution in [2.75, 3.05) is 17.2 Å². The molecule has 0 unspecified atom stereocenters. The number of nitrogens with zero attached hydrogens (tertiary/aromatic N) is 1. The van der Waals surface area contributed by atoms with Gasteiger partial charge < -0.3 is 15.4 Å². The van der Waals surface area contributed by atoms with Crippen LogP contribution in [0.3, 0.4) is 0 Å². The molecule has 0 saturated heterocycles. The fourth-order valence-corrected chi connectivity index (χ4v) is 2.54. The van der Waals surface area contributed by atoms with Gasteiger partial charge in [-0.25, -0.2) is 13.2 Å². The van der Waals surface area contributed by atoms with Crippen molar-refractivity contribution in [3.63, 3.8) is 0 Å². The summed E-state index contributed by atoms with van der Waals surface area (Å²) in [5, 5.41) is 5.10. The second kappa shape index (κ2) is 7.30. The van der Waals surface area contributed by atoms with Gasteiger partial charge >= 0.3 is 6.03 Å². The van der Waals surface area contributed by atoms with Crippen molar-refractivity contribution in [1.82, 2.24) is 4.98 Å². The minimum atomic E-state index is -3.92. The van der Waals surface area contributed by atoms with Gasteiger partial charge in [-0.2, -0.15) is 0 Å². The van der Waals surface area contributed by atoms with E-state index in [4.69, 9.17) is 15.4 Å². The number of carbonyl (C=O) groups excluding carboxylic acids is 1. The van der Waals surface area contributed by atoms with Crippen LogP contribution in [0.1, 0.15) is 6.92 Å². The zero-order chi connectivity index (χ0) is 16.9. The van der Waals surface area contributed by atoms with Crippen LogP contribution in [0.15, 0.2) is 47.6 Å². The van der Waals surface area contributed by atoms with E-state index in [1.807, 2.05) is 0 Å². The molecule has 0 bridgehead atoms. The minimum Gasteiger partial charge on any atom is -0.492 e. The molecule has 0 radical (unpaired) electrons. The van der Waals surface area contributed by atoms with Gasteiger partial charge in [0.25, 0.3) is 9.05 Å². The first-order valence-electron chi connectivity index (χ1n) is 6.59. The molecule has 23 heavy (non-hydrogen) atoms. The molecule has 0 fully saturated rings. The molecule has 0 saturated carbocycles. The van der Waals surface area contributed by atoms with E-state index < -0.39 is 15.1 Å². The third-order valence-corrected chi connectivity index (χ3v) is 4.05. The summed E-state index contributed by atoms with van der Waals surface area (Å²) < 4.78 is 28.2. The summed E-state index contributed by atoms with van der Waals surface area (Å²) in [6, 6.07) is 6.73. The van der Waals surface area contributed by atoms with Crippen molar-refractivity contribution in [1.29, 1.82) is 0 Å². The smallest absolute Gasteiger partial charge is 0.323 e. The normalized spacial score (nSPS) is 10.9. The first-order valence-corrected chi connectivity index (χ1v) is 8.90. The number of carbonyl (C=O) groups is 1. The lowest BCUT2D eigenvalue weighted by Crippen LogP contribution is -2.20. The molecule has 2 aromatic rings. The van der Waals surface area contributed by atoms with Gasteiger partial charge in [0, 0.05) is 16.9 Å². The van der Waals surface area contributed by atoms with Crippen molar-refractivity contribution in [2.24, 2.45) is 0 Å². The Morgan fingerprint density at radius 1 is 1.30 bits per heavy atom. The summed E-state index contributed by atoms with van der Waals surface area (Å²) in [5.74, 6) is 0.331. The number of anilines is 2. The quantitative estimate of drug-likeness (QED) is 0.803. The van der Waals surface area contributed by atoms with Crippen LogP contribution >= 0.6 is 10.7 Å². The van der Waals surface area contributed by atoms with Crippen molar-refractivity contribution >= 4 is 37.1 Å². The fourth-order valence-electron chi connectivity index (χ4n) is 1.76. The maximum atomic E-state index is 12.0.